The van der Waals surface area contributed by atoms with Crippen LogP contribution in [-0.4, -0.2) is 19.1 Å². The Hall–Kier alpha value is -1.38. The second-order valence-electron chi connectivity index (χ2n) is 5.50. The molecule has 1 heterocycles. The van der Waals surface area contributed by atoms with Crippen molar-refractivity contribution in [3.8, 4) is 0 Å². The molecule has 0 radical (unpaired) electrons. The van der Waals surface area contributed by atoms with E-state index in [9.17, 15) is 0 Å². The van der Waals surface area contributed by atoms with Crippen LogP contribution in [0.3, 0.4) is 0 Å². The molecule has 1 aliphatic heterocycles. The zero-order chi connectivity index (χ0) is 13.1. The van der Waals surface area contributed by atoms with Gasteiger partial charge in [0.2, 0.25) is 0 Å². The highest BCUT2D eigenvalue weighted by atomic mass is 15.0. The third kappa shape index (κ3) is 2.80. The van der Waals surface area contributed by atoms with E-state index in [0.717, 1.165) is 6.54 Å². The Morgan fingerprint density at radius 2 is 2.00 bits per heavy atom. The summed E-state index contributed by atoms with van der Waals surface area (Å²) in [5, 5.41) is 9.93. The van der Waals surface area contributed by atoms with E-state index in [-0.39, 0.29) is 0 Å². The van der Waals surface area contributed by atoms with Crippen molar-refractivity contribution < 1.29 is 0 Å². The summed E-state index contributed by atoms with van der Waals surface area (Å²) < 4.78 is 0. The van der Waals surface area contributed by atoms with E-state index < -0.39 is 0 Å². The average Bonchev–Trinajstić information content (AvgIpc) is 2.47. The van der Waals surface area contributed by atoms with Crippen LogP contribution in [0.1, 0.15) is 31.4 Å². The number of benzene rings is 2. The molecule has 0 aromatic heterocycles. The van der Waals surface area contributed by atoms with Crippen LogP contribution in [0.4, 0.5) is 0 Å². The first-order chi connectivity index (χ1) is 9.34. The topological polar surface area (TPSA) is 24.1 Å². The summed E-state index contributed by atoms with van der Waals surface area (Å²) in [7, 11) is 0. The van der Waals surface area contributed by atoms with Crippen molar-refractivity contribution in [2.24, 2.45) is 0 Å². The van der Waals surface area contributed by atoms with E-state index in [1.807, 2.05) is 0 Å². The molecule has 0 aliphatic carbocycles. The van der Waals surface area contributed by atoms with E-state index in [2.05, 4.69) is 60.0 Å². The first-order valence-corrected chi connectivity index (χ1v) is 7.29. The lowest BCUT2D eigenvalue weighted by Crippen LogP contribution is -2.43. The fraction of sp³-hybridized carbons (Fsp3) is 0.412. The molecule has 1 saturated heterocycles. The smallest absolute Gasteiger partial charge is 0.0301 e. The Morgan fingerprint density at radius 1 is 1.16 bits per heavy atom. The van der Waals surface area contributed by atoms with Gasteiger partial charge in [0.15, 0.2) is 0 Å². The van der Waals surface area contributed by atoms with Crippen molar-refractivity contribution in [1.82, 2.24) is 10.6 Å². The van der Waals surface area contributed by atoms with E-state index in [0.29, 0.717) is 12.1 Å². The zero-order valence-corrected chi connectivity index (χ0v) is 11.5. The SMILES string of the molecule is C[C@@H](N[C@H]1CCCNC1)c1cccc2ccccc12. The third-order valence-electron chi connectivity index (χ3n) is 4.07. The lowest BCUT2D eigenvalue weighted by molar-refractivity contribution is 0.363. The second kappa shape index (κ2) is 5.72. The number of hydrogen-bond donors (Lipinski definition) is 2. The number of fused-ring (bicyclic) bond motifs is 1. The first kappa shape index (κ1) is 12.6. The van der Waals surface area contributed by atoms with E-state index >= 15 is 0 Å². The van der Waals surface area contributed by atoms with Crippen LogP contribution >= 0.6 is 0 Å². The molecule has 2 atom stereocenters. The molecule has 2 N–H and O–H groups in total. The fourth-order valence-corrected chi connectivity index (χ4v) is 3.07. The lowest BCUT2D eigenvalue weighted by Gasteiger charge is -2.28. The van der Waals surface area contributed by atoms with Gasteiger partial charge in [-0.3, -0.25) is 0 Å². The molecule has 0 amide bonds. The summed E-state index contributed by atoms with van der Waals surface area (Å²) in [5.74, 6) is 0. The van der Waals surface area contributed by atoms with E-state index in [1.165, 1.54) is 35.7 Å². The number of rotatable bonds is 3. The van der Waals surface area contributed by atoms with Gasteiger partial charge in [-0.25, -0.2) is 0 Å². The Bertz CT molecular complexity index is 538. The molecule has 0 unspecified atom stereocenters. The Morgan fingerprint density at radius 3 is 2.84 bits per heavy atom. The van der Waals surface area contributed by atoms with Gasteiger partial charge in [0, 0.05) is 18.6 Å². The van der Waals surface area contributed by atoms with Crippen LogP contribution in [-0.2, 0) is 0 Å². The summed E-state index contributed by atoms with van der Waals surface area (Å²) >= 11 is 0. The van der Waals surface area contributed by atoms with Crippen LogP contribution in [0.5, 0.6) is 0 Å². The second-order valence-corrected chi connectivity index (χ2v) is 5.50. The van der Waals surface area contributed by atoms with E-state index in [4.69, 9.17) is 0 Å². The molecule has 100 valence electrons. The highest BCUT2D eigenvalue weighted by molar-refractivity contribution is 5.86. The van der Waals surface area contributed by atoms with Gasteiger partial charge in [-0.2, -0.15) is 0 Å². The van der Waals surface area contributed by atoms with E-state index in [1.54, 1.807) is 0 Å². The molecule has 1 aliphatic rings. The number of nitrogens with one attached hydrogen (secondary N) is 2. The third-order valence-corrected chi connectivity index (χ3v) is 4.07. The van der Waals surface area contributed by atoms with Crippen molar-refractivity contribution in [3.05, 3.63) is 48.0 Å². The molecule has 2 aromatic carbocycles. The normalized spacial score (nSPS) is 21.4. The van der Waals surface area contributed by atoms with Crippen LogP contribution in [0.15, 0.2) is 42.5 Å². The molecule has 19 heavy (non-hydrogen) atoms. The minimum absolute atomic E-state index is 0.399. The van der Waals surface area contributed by atoms with Crippen LogP contribution in [0.25, 0.3) is 10.8 Å². The van der Waals surface area contributed by atoms with Crippen molar-refractivity contribution in [1.29, 1.82) is 0 Å². The van der Waals surface area contributed by atoms with Gasteiger partial charge < -0.3 is 10.6 Å². The maximum Gasteiger partial charge on any atom is 0.0301 e. The van der Waals surface area contributed by atoms with Crippen molar-refractivity contribution in [2.75, 3.05) is 13.1 Å². The van der Waals surface area contributed by atoms with Crippen LogP contribution in [0, 0.1) is 0 Å². The summed E-state index contributed by atoms with van der Waals surface area (Å²) in [4.78, 5) is 0. The summed E-state index contributed by atoms with van der Waals surface area (Å²) in [6.45, 7) is 4.53. The average molecular weight is 254 g/mol. The molecule has 0 spiro atoms. The molecule has 0 saturated carbocycles. The predicted molar refractivity (Wildman–Crippen MR) is 81.4 cm³/mol. The van der Waals surface area contributed by atoms with Gasteiger partial charge in [0.1, 0.15) is 0 Å². The standard InChI is InChI=1S/C17H22N2/c1-13(19-15-8-5-11-18-12-15)16-10-4-7-14-6-2-3-9-17(14)16/h2-4,6-7,9-10,13,15,18-19H,5,8,11-12H2,1H3/t13-,15+/m1/s1. The van der Waals surface area contributed by atoms with Crippen LogP contribution in [0.2, 0.25) is 0 Å². The molecular weight excluding hydrogens is 232 g/mol. The number of piperidine rings is 1. The number of hydrogen-bond acceptors (Lipinski definition) is 2. The molecule has 3 rings (SSSR count). The summed E-state index contributed by atoms with van der Waals surface area (Å²) in [5.41, 5.74) is 1.41. The van der Waals surface area contributed by atoms with Crippen molar-refractivity contribution in [3.63, 3.8) is 0 Å². The predicted octanol–water partition coefficient (Wildman–Crippen LogP) is 3.24. The minimum atomic E-state index is 0.399. The summed E-state index contributed by atoms with van der Waals surface area (Å²) in [6.07, 6.45) is 2.56. The lowest BCUT2D eigenvalue weighted by atomic mass is 9.98. The largest absolute Gasteiger partial charge is 0.315 e. The quantitative estimate of drug-likeness (QED) is 0.878. The van der Waals surface area contributed by atoms with Gasteiger partial charge in [-0.15, -0.1) is 0 Å². The van der Waals surface area contributed by atoms with Gasteiger partial charge in [0.05, 0.1) is 0 Å². The molecule has 1 fully saturated rings. The first-order valence-electron chi connectivity index (χ1n) is 7.29. The van der Waals surface area contributed by atoms with Gasteiger partial charge in [-0.05, 0) is 42.6 Å². The molecule has 2 aromatic rings. The Balaban J connectivity index is 1.82. The molecule has 2 nitrogen and oxygen atoms in total. The van der Waals surface area contributed by atoms with Crippen molar-refractivity contribution >= 4 is 10.8 Å². The van der Waals surface area contributed by atoms with Crippen molar-refractivity contribution in [2.45, 2.75) is 31.8 Å². The highest BCUT2D eigenvalue weighted by Gasteiger charge is 2.16. The van der Waals surface area contributed by atoms with Gasteiger partial charge in [-0.1, -0.05) is 42.5 Å². The zero-order valence-electron chi connectivity index (χ0n) is 11.5. The Labute approximate surface area is 115 Å². The molecule has 2 heteroatoms. The minimum Gasteiger partial charge on any atom is -0.315 e. The maximum absolute atomic E-state index is 3.76. The fourth-order valence-electron chi connectivity index (χ4n) is 3.07. The summed E-state index contributed by atoms with van der Waals surface area (Å²) in [6, 6.07) is 16.2. The highest BCUT2D eigenvalue weighted by Crippen LogP contribution is 2.24. The van der Waals surface area contributed by atoms with Gasteiger partial charge in [0.25, 0.3) is 0 Å². The van der Waals surface area contributed by atoms with Gasteiger partial charge >= 0.3 is 0 Å². The van der Waals surface area contributed by atoms with Crippen LogP contribution < -0.4 is 10.6 Å². The molecular formula is C17H22N2. The Kier molecular flexibility index (Phi) is 3.81. The maximum atomic E-state index is 3.76. The molecule has 0 bridgehead atoms. The monoisotopic (exact) mass is 254 g/mol.